The van der Waals surface area contributed by atoms with Gasteiger partial charge in [-0.1, -0.05) is 38.2 Å². The summed E-state index contributed by atoms with van der Waals surface area (Å²) in [5, 5.41) is 30.1. The van der Waals surface area contributed by atoms with E-state index in [-0.39, 0.29) is 11.2 Å². The van der Waals surface area contributed by atoms with Gasteiger partial charge in [0.25, 0.3) is 0 Å². The van der Waals surface area contributed by atoms with Gasteiger partial charge in [-0.2, -0.15) is 0 Å². The maximum Gasteiger partial charge on any atom is 0.163 e. The molecule has 3 fully saturated rings. The van der Waals surface area contributed by atoms with Crippen molar-refractivity contribution in [3.8, 4) is 0 Å². The summed E-state index contributed by atoms with van der Waals surface area (Å²) in [6.45, 7) is 11.9. The van der Waals surface area contributed by atoms with Gasteiger partial charge in [0.05, 0.1) is 12.2 Å². The van der Waals surface area contributed by atoms with Crippen LogP contribution in [0.3, 0.4) is 0 Å². The lowest BCUT2D eigenvalue weighted by atomic mass is 9.60. The van der Waals surface area contributed by atoms with Crippen LogP contribution in [0.15, 0.2) is 35.5 Å². The summed E-state index contributed by atoms with van der Waals surface area (Å²) < 4.78 is 0. The van der Waals surface area contributed by atoms with Crippen LogP contribution in [-0.2, 0) is 4.79 Å². The number of hydrogen-bond donors (Lipinski definition) is 3. The smallest absolute Gasteiger partial charge is 0.163 e. The van der Waals surface area contributed by atoms with Crippen LogP contribution in [0, 0.1) is 23.2 Å². The van der Waals surface area contributed by atoms with Gasteiger partial charge in [0.15, 0.2) is 5.78 Å². The van der Waals surface area contributed by atoms with E-state index in [1.807, 2.05) is 0 Å². The Morgan fingerprint density at radius 3 is 2.68 bits per heavy atom. The summed E-state index contributed by atoms with van der Waals surface area (Å²) in [7, 11) is 0. The Morgan fingerprint density at radius 1 is 1.29 bits per heavy atom. The summed E-state index contributed by atoms with van der Waals surface area (Å²) in [6, 6.07) is 0. The molecule has 3 rings (SSSR count). The third-order valence-corrected chi connectivity index (χ3v) is 8.50. The largest absolute Gasteiger partial charge is 0.393 e. The van der Waals surface area contributed by atoms with Crippen molar-refractivity contribution in [2.24, 2.45) is 23.2 Å². The molecule has 6 atom stereocenters. The second-order valence-electron chi connectivity index (χ2n) is 11.2. The molecule has 3 saturated carbocycles. The summed E-state index contributed by atoms with van der Waals surface area (Å²) in [5.41, 5.74) is 2.23. The van der Waals surface area contributed by atoms with Gasteiger partial charge in [-0.05, 0) is 93.1 Å². The molecule has 31 heavy (non-hydrogen) atoms. The van der Waals surface area contributed by atoms with Crippen molar-refractivity contribution >= 4 is 5.78 Å². The second kappa shape index (κ2) is 9.33. The fraction of sp³-hybridized carbons (Fsp3) is 0.741. The molecule has 0 spiro atoms. The highest BCUT2D eigenvalue weighted by Crippen LogP contribution is 2.59. The van der Waals surface area contributed by atoms with E-state index >= 15 is 0 Å². The Bertz CT molecular complexity index is 756. The van der Waals surface area contributed by atoms with Crippen molar-refractivity contribution in [3.05, 3.63) is 35.5 Å². The quantitative estimate of drug-likeness (QED) is 0.561. The van der Waals surface area contributed by atoms with Crippen LogP contribution < -0.4 is 0 Å². The molecule has 0 saturated heterocycles. The predicted octanol–water partition coefficient (Wildman–Crippen LogP) is 4.88. The minimum Gasteiger partial charge on any atom is -0.393 e. The molecule has 174 valence electrons. The van der Waals surface area contributed by atoms with Crippen LogP contribution in [0.4, 0.5) is 0 Å². The Balaban J connectivity index is 1.72. The van der Waals surface area contributed by atoms with Gasteiger partial charge >= 0.3 is 0 Å². The molecule has 4 nitrogen and oxygen atoms in total. The van der Waals surface area contributed by atoms with Crippen molar-refractivity contribution in [3.63, 3.8) is 0 Å². The molecule has 0 radical (unpaired) electrons. The average molecular weight is 431 g/mol. The fourth-order valence-corrected chi connectivity index (χ4v) is 6.55. The summed E-state index contributed by atoms with van der Waals surface area (Å²) in [4.78, 5) is 12.2. The van der Waals surface area contributed by atoms with Gasteiger partial charge in [-0.15, -0.1) is 0 Å². The zero-order chi connectivity index (χ0) is 23.0. The number of fused-ring (bicyclic) bond motifs is 1. The van der Waals surface area contributed by atoms with E-state index in [4.69, 9.17) is 0 Å². The number of aliphatic hydroxyl groups excluding tert-OH is 2. The van der Waals surface area contributed by atoms with Crippen molar-refractivity contribution in [2.45, 2.75) is 103 Å². The van der Waals surface area contributed by atoms with Gasteiger partial charge in [0.1, 0.15) is 5.60 Å². The normalized spacial score (nSPS) is 37.8. The third kappa shape index (κ3) is 5.23. The Hall–Kier alpha value is -1.23. The Morgan fingerprint density at radius 2 is 2.00 bits per heavy atom. The van der Waals surface area contributed by atoms with E-state index in [1.165, 1.54) is 31.3 Å². The SMILES string of the molecule is C=C1C(=CC=C2CCC[C@@]3(C)C2CC[C@@H]3[C@H](C)CCC(=O)C(C)(C)O)C[C@@H](O)C[C@@H]1O. The first kappa shape index (κ1) is 24.4. The maximum absolute atomic E-state index is 12.2. The summed E-state index contributed by atoms with van der Waals surface area (Å²) >= 11 is 0. The Labute approximate surface area is 188 Å². The number of Topliss-reactive ketones (excluding diaryl/α,β-unsaturated/α-hetero) is 1. The molecule has 3 N–H and O–H groups in total. The molecule has 3 aliphatic carbocycles. The summed E-state index contributed by atoms with van der Waals surface area (Å²) in [5.74, 6) is 1.55. The molecule has 4 heteroatoms. The predicted molar refractivity (Wildman–Crippen MR) is 124 cm³/mol. The van der Waals surface area contributed by atoms with Gasteiger partial charge in [0, 0.05) is 12.8 Å². The monoisotopic (exact) mass is 430 g/mol. The van der Waals surface area contributed by atoms with Crippen LogP contribution in [-0.4, -0.2) is 38.9 Å². The van der Waals surface area contributed by atoms with Crippen LogP contribution in [0.25, 0.3) is 0 Å². The van der Waals surface area contributed by atoms with E-state index in [2.05, 4.69) is 32.6 Å². The van der Waals surface area contributed by atoms with Crippen molar-refractivity contribution in [1.29, 1.82) is 0 Å². The second-order valence-corrected chi connectivity index (χ2v) is 11.2. The van der Waals surface area contributed by atoms with Crippen molar-refractivity contribution < 1.29 is 20.1 Å². The lowest BCUT2D eigenvalue weighted by Crippen LogP contribution is -2.36. The highest BCUT2D eigenvalue weighted by Gasteiger charge is 2.50. The molecular formula is C27H42O4. The van der Waals surface area contributed by atoms with E-state index in [1.54, 1.807) is 13.8 Å². The van der Waals surface area contributed by atoms with E-state index < -0.39 is 17.8 Å². The molecule has 3 aliphatic rings. The van der Waals surface area contributed by atoms with E-state index in [9.17, 15) is 20.1 Å². The van der Waals surface area contributed by atoms with Crippen LogP contribution in [0.1, 0.15) is 85.5 Å². The van der Waals surface area contributed by atoms with Gasteiger partial charge < -0.3 is 15.3 Å². The molecule has 0 amide bonds. The lowest BCUT2D eigenvalue weighted by molar-refractivity contribution is -0.134. The molecule has 0 aromatic heterocycles. The minimum absolute atomic E-state index is 0.0630. The fourth-order valence-electron chi connectivity index (χ4n) is 6.55. The number of aliphatic hydroxyl groups is 3. The van der Waals surface area contributed by atoms with Gasteiger partial charge in [-0.3, -0.25) is 4.79 Å². The zero-order valence-corrected chi connectivity index (χ0v) is 19.9. The zero-order valence-electron chi connectivity index (χ0n) is 19.9. The van der Waals surface area contributed by atoms with Crippen molar-refractivity contribution in [2.75, 3.05) is 0 Å². The van der Waals surface area contributed by atoms with Crippen LogP contribution >= 0.6 is 0 Å². The number of carbonyl (C=O) groups is 1. The topological polar surface area (TPSA) is 77.8 Å². The minimum atomic E-state index is -1.24. The molecular weight excluding hydrogens is 388 g/mol. The number of allylic oxidation sites excluding steroid dienone is 3. The summed E-state index contributed by atoms with van der Waals surface area (Å²) in [6.07, 6.45) is 11.3. The molecule has 0 aromatic carbocycles. The van der Waals surface area contributed by atoms with Gasteiger partial charge in [0.2, 0.25) is 0 Å². The number of rotatable bonds is 6. The average Bonchev–Trinajstić information content (AvgIpc) is 3.04. The maximum atomic E-state index is 12.2. The van der Waals surface area contributed by atoms with Crippen molar-refractivity contribution in [1.82, 2.24) is 0 Å². The highest BCUT2D eigenvalue weighted by molar-refractivity contribution is 5.86. The number of hydrogen-bond acceptors (Lipinski definition) is 4. The molecule has 0 aliphatic heterocycles. The first-order valence-corrected chi connectivity index (χ1v) is 12.1. The first-order valence-electron chi connectivity index (χ1n) is 12.1. The Kier molecular flexibility index (Phi) is 7.35. The first-order chi connectivity index (χ1) is 14.4. The standard InChI is InChI=1S/C27H42O4/c1-17(8-13-25(30)26(3,4)31)22-11-12-23-19(7-6-14-27(22,23)5)9-10-20-15-21(28)16-24(29)18(20)2/h9-10,17,21-24,28-29,31H,2,6-8,11-16H2,1,3-5H3/t17-,21-,22-,23?,24+,27-/m1/s1. The van der Waals surface area contributed by atoms with Crippen LogP contribution in [0.5, 0.6) is 0 Å². The number of carbonyl (C=O) groups excluding carboxylic acids is 1. The molecule has 0 bridgehead atoms. The third-order valence-electron chi connectivity index (χ3n) is 8.50. The number of ketones is 1. The van der Waals surface area contributed by atoms with E-state index in [0.29, 0.717) is 37.0 Å². The van der Waals surface area contributed by atoms with Gasteiger partial charge in [-0.25, -0.2) is 0 Å². The van der Waals surface area contributed by atoms with Crippen LogP contribution in [0.2, 0.25) is 0 Å². The molecule has 1 unspecified atom stereocenters. The van der Waals surface area contributed by atoms with E-state index in [0.717, 1.165) is 24.0 Å². The molecule has 0 heterocycles. The molecule has 0 aromatic rings. The highest BCUT2D eigenvalue weighted by atomic mass is 16.3. The lowest BCUT2D eigenvalue weighted by Gasteiger charge is -2.44.